The Hall–Kier alpha value is -3.45. The van der Waals surface area contributed by atoms with E-state index in [1.54, 1.807) is 91.0 Å². The van der Waals surface area contributed by atoms with Gasteiger partial charge in [-0.05, 0) is 0 Å². The second-order valence-electron chi connectivity index (χ2n) is 8.08. The monoisotopic (exact) mass is 538 g/mol. The number of benzene rings is 3. The van der Waals surface area contributed by atoms with Crippen molar-refractivity contribution in [2.45, 2.75) is 34.7 Å². The molecule has 0 unspecified atom stereocenters. The van der Waals surface area contributed by atoms with E-state index >= 15 is 0 Å². The molecule has 3 aromatic carbocycles. The van der Waals surface area contributed by atoms with Crippen molar-refractivity contribution in [2.75, 3.05) is 0 Å². The van der Waals surface area contributed by atoms with Crippen LogP contribution in [-0.4, -0.2) is 62.3 Å². The third kappa shape index (κ3) is 5.15. The van der Waals surface area contributed by atoms with E-state index in [2.05, 4.69) is 0 Å². The molecular formula is C27H22O7Se. The van der Waals surface area contributed by atoms with Crippen molar-refractivity contribution in [3.8, 4) is 0 Å². The molecule has 5 rings (SSSR count). The summed E-state index contributed by atoms with van der Waals surface area (Å²) >= 11 is -0.0579. The topological polar surface area (TPSA) is 88.1 Å². The number of carbonyl (C=O) groups is 3. The van der Waals surface area contributed by atoms with Gasteiger partial charge in [-0.25, -0.2) is 0 Å². The molecule has 2 heterocycles. The average molecular weight is 537 g/mol. The van der Waals surface area contributed by atoms with Crippen LogP contribution in [0.15, 0.2) is 91.0 Å². The number of esters is 3. The zero-order valence-electron chi connectivity index (χ0n) is 18.5. The van der Waals surface area contributed by atoms with Crippen molar-refractivity contribution in [1.82, 2.24) is 0 Å². The minimum absolute atomic E-state index is 0.0579. The fourth-order valence-electron chi connectivity index (χ4n) is 4.04. The second kappa shape index (κ2) is 10.4. The summed E-state index contributed by atoms with van der Waals surface area (Å²) in [4.78, 5) is 38.8. The number of rotatable bonds is 6. The number of ether oxygens (including phenoxy) is 4. The summed E-state index contributed by atoms with van der Waals surface area (Å²) < 4.78 is 23.7. The average Bonchev–Trinajstić information content (AvgIpc) is 3.35. The first kappa shape index (κ1) is 23.3. The zero-order chi connectivity index (χ0) is 24.2. The van der Waals surface area contributed by atoms with Gasteiger partial charge in [-0.15, -0.1) is 0 Å². The Kier molecular flexibility index (Phi) is 6.95. The van der Waals surface area contributed by atoms with Crippen molar-refractivity contribution < 1.29 is 33.3 Å². The SMILES string of the molecule is O=C(O[C@@H]1[C@@H](OC(=O)c2ccccc2)[C@H]2O[C@H](C[Se]2)[C@H]1OC(=O)c1ccccc1)c1ccccc1. The van der Waals surface area contributed by atoms with Crippen LogP contribution in [0.3, 0.4) is 0 Å². The van der Waals surface area contributed by atoms with Gasteiger partial charge in [0.15, 0.2) is 0 Å². The first-order valence-corrected chi connectivity index (χ1v) is 13.4. The molecule has 0 amide bonds. The van der Waals surface area contributed by atoms with Gasteiger partial charge in [0.25, 0.3) is 0 Å². The minimum atomic E-state index is -1.02. The van der Waals surface area contributed by atoms with Gasteiger partial charge in [0, 0.05) is 0 Å². The van der Waals surface area contributed by atoms with Crippen LogP contribution in [0.25, 0.3) is 0 Å². The molecule has 0 N–H and O–H groups in total. The normalized spacial score (nSPS) is 24.9. The molecule has 0 aromatic heterocycles. The standard InChI is InChI=1S/C27H22O7Se/c28-24(17-10-4-1-5-11-17)32-21-20-16-35-27(31-20)23(34-26(30)19-14-8-3-9-15-19)22(21)33-25(29)18-12-6-2-7-13-18/h1-15,20-23,27H,16H2/t20-,21-,22+,23-,27+/m1/s1. The van der Waals surface area contributed by atoms with Crippen molar-refractivity contribution in [3.63, 3.8) is 0 Å². The Morgan fingerprint density at radius 2 is 1.00 bits per heavy atom. The fraction of sp³-hybridized carbons (Fsp3) is 0.222. The van der Waals surface area contributed by atoms with E-state index in [1.807, 2.05) is 0 Å². The molecule has 0 radical (unpaired) electrons. The van der Waals surface area contributed by atoms with Gasteiger partial charge in [-0.1, -0.05) is 0 Å². The Labute approximate surface area is 208 Å². The molecule has 2 aliphatic heterocycles. The molecule has 0 aliphatic carbocycles. The van der Waals surface area contributed by atoms with Crippen molar-refractivity contribution in [1.29, 1.82) is 0 Å². The molecule has 2 fully saturated rings. The summed E-state index contributed by atoms with van der Waals surface area (Å²) in [5, 5.41) is 0.226. The Bertz CT molecular complexity index is 1120. The Balaban J connectivity index is 1.44. The quantitative estimate of drug-likeness (QED) is 0.270. The number of hydrogen-bond donors (Lipinski definition) is 0. The van der Waals surface area contributed by atoms with Gasteiger partial charge in [0.2, 0.25) is 0 Å². The summed E-state index contributed by atoms with van der Waals surface area (Å²) in [6.07, 6.45) is -3.31. The van der Waals surface area contributed by atoms with E-state index in [4.69, 9.17) is 18.9 Å². The summed E-state index contributed by atoms with van der Waals surface area (Å²) in [6.45, 7) is 0. The third-order valence-corrected chi connectivity index (χ3v) is 8.35. The van der Waals surface area contributed by atoms with Gasteiger partial charge in [-0.3, -0.25) is 0 Å². The molecule has 2 saturated heterocycles. The molecular weight excluding hydrogens is 515 g/mol. The first-order valence-electron chi connectivity index (χ1n) is 11.2. The van der Waals surface area contributed by atoms with Gasteiger partial charge < -0.3 is 0 Å². The molecule has 7 nitrogen and oxygen atoms in total. The van der Waals surface area contributed by atoms with Gasteiger partial charge >= 0.3 is 209 Å². The van der Waals surface area contributed by atoms with Gasteiger partial charge in [0.05, 0.1) is 0 Å². The summed E-state index contributed by atoms with van der Waals surface area (Å²) in [6, 6.07) is 25.6. The van der Waals surface area contributed by atoms with Crippen molar-refractivity contribution >= 4 is 32.9 Å². The zero-order valence-corrected chi connectivity index (χ0v) is 20.2. The number of carbonyl (C=O) groups excluding carboxylic acids is 3. The van der Waals surface area contributed by atoms with E-state index in [0.29, 0.717) is 22.0 Å². The van der Waals surface area contributed by atoms with Crippen LogP contribution in [0.4, 0.5) is 0 Å². The molecule has 2 bridgehead atoms. The maximum atomic E-state index is 13.0. The number of hydrogen-bond acceptors (Lipinski definition) is 7. The molecule has 35 heavy (non-hydrogen) atoms. The number of fused-ring (bicyclic) bond motifs is 2. The van der Waals surface area contributed by atoms with Crippen LogP contribution >= 0.6 is 0 Å². The maximum absolute atomic E-state index is 13.0. The van der Waals surface area contributed by atoms with Gasteiger partial charge in [-0.2, -0.15) is 0 Å². The molecule has 2 aliphatic rings. The Morgan fingerprint density at radius 3 is 1.46 bits per heavy atom. The van der Waals surface area contributed by atoms with E-state index in [-0.39, 0.29) is 15.0 Å². The fourth-order valence-corrected chi connectivity index (χ4v) is 6.70. The predicted molar refractivity (Wildman–Crippen MR) is 126 cm³/mol. The molecule has 178 valence electrons. The predicted octanol–water partition coefficient (Wildman–Crippen LogP) is 3.52. The molecule has 5 atom stereocenters. The molecule has 0 saturated carbocycles. The van der Waals surface area contributed by atoms with E-state index < -0.39 is 47.3 Å². The van der Waals surface area contributed by atoms with Crippen LogP contribution in [0.2, 0.25) is 5.32 Å². The molecule has 3 aromatic rings. The summed E-state index contributed by atoms with van der Waals surface area (Å²) in [5.74, 6) is -1.72. The van der Waals surface area contributed by atoms with Gasteiger partial charge in [0.1, 0.15) is 0 Å². The molecule has 0 spiro atoms. The Morgan fingerprint density at radius 1 is 0.600 bits per heavy atom. The van der Waals surface area contributed by atoms with E-state index in [9.17, 15) is 14.4 Å². The van der Waals surface area contributed by atoms with Crippen molar-refractivity contribution in [2.24, 2.45) is 0 Å². The second-order valence-corrected chi connectivity index (χ2v) is 10.5. The van der Waals surface area contributed by atoms with E-state index in [1.165, 1.54) is 0 Å². The van der Waals surface area contributed by atoms with Crippen LogP contribution in [0, 0.1) is 0 Å². The van der Waals surface area contributed by atoms with Crippen LogP contribution in [0.5, 0.6) is 0 Å². The summed E-state index contributed by atoms with van der Waals surface area (Å²) in [5.41, 5.74) is 1.08. The van der Waals surface area contributed by atoms with Crippen molar-refractivity contribution in [3.05, 3.63) is 108 Å². The summed E-state index contributed by atoms with van der Waals surface area (Å²) in [7, 11) is 0. The van der Waals surface area contributed by atoms with Crippen LogP contribution in [0.1, 0.15) is 31.1 Å². The molecule has 8 heteroatoms. The third-order valence-electron chi connectivity index (χ3n) is 5.77. The first-order chi connectivity index (χ1) is 17.1. The van der Waals surface area contributed by atoms with Crippen LogP contribution in [-0.2, 0) is 18.9 Å². The van der Waals surface area contributed by atoms with Crippen LogP contribution < -0.4 is 0 Å². The van der Waals surface area contributed by atoms with E-state index in [0.717, 1.165) is 0 Å².